The molecule has 0 bridgehead atoms. The molecule has 1 aliphatic heterocycles. The summed E-state index contributed by atoms with van der Waals surface area (Å²) in [6.45, 7) is 3.53. The van der Waals surface area contributed by atoms with Gasteiger partial charge in [0.05, 0.1) is 23.3 Å². The summed E-state index contributed by atoms with van der Waals surface area (Å²) in [4.78, 5) is 4.30. The first-order valence-corrected chi connectivity index (χ1v) is 12.3. The zero-order valence-electron chi connectivity index (χ0n) is 21.3. The first-order valence-electron chi connectivity index (χ1n) is 12.3. The first-order chi connectivity index (χ1) is 18.8. The number of rotatable bonds is 5. The van der Waals surface area contributed by atoms with Gasteiger partial charge in [0.15, 0.2) is 5.82 Å². The highest BCUT2D eigenvalue weighted by atomic mass is 19.4. The van der Waals surface area contributed by atoms with Crippen LogP contribution in [0.5, 0.6) is 0 Å². The molecule has 2 aromatic heterocycles. The van der Waals surface area contributed by atoms with Crippen molar-refractivity contribution in [2.45, 2.75) is 57.3 Å². The maximum absolute atomic E-state index is 13.7. The Bertz CT molecular complexity index is 1460. The minimum Gasteiger partial charge on any atom is -0.369 e. The van der Waals surface area contributed by atoms with Crippen LogP contribution in [-0.4, -0.2) is 25.9 Å². The fourth-order valence-corrected chi connectivity index (χ4v) is 4.86. The molecule has 40 heavy (non-hydrogen) atoms. The third kappa shape index (κ3) is 5.72. The fourth-order valence-electron chi connectivity index (χ4n) is 4.86. The van der Waals surface area contributed by atoms with Gasteiger partial charge in [0.1, 0.15) is 11.6 Å². The van der Waals surface area contributed by atoms with Gasteiger partial charge in [0.25, 0.3) is 0 Å². The van der Waals surface area contributed by atoms with Crippen molar-refractivity contribution in [3.63, 3.8) is 0 Å². The Morgan fingerprint density at radius 3 is 2.12 bits per heavy atom. The van der Waals surface area contributed by atoms with E-state index in [1.54, 1.807) is 18.3 Å². The molecule has 0 unspecified atom stereocenters. The van der Waals surface area contributed by atoms with Gasteiger partial charge in [-0.05, 0) is 67.4 Å². The molecule has 0 fully saturated rings. The molecule has 12 heteroatoms. The van der Waals surface area contributed by atoms with Crippen LogP contribution in [0.25, 0.3) is 11.4 Å². The number of benzene rings is 2. The molecule has 3 atom stereocenters. The highest BCUT2D eigenvalue weighted by Gasteiger charge is 2.39. The van der Waals surface area contributed by atoms with Crippen molar-refractivity contribution >= 4 is 0 Å². The number of pyridine rings is 1. The minimum absolute atomic E-state index is 0.0854. The lowest BCUT2D eigenvalue weighted by Gasteiger charge is -2.35. The van der Waals surface area contributed by atoms with E-state index < -0.39 is 47.4 Å². The molecule has 0 aliphatic carbocycles. The van der Waals surface area contributed by atoms with Crippen molar-refractivity contribution in [3.05, 3.63) is 100 Å². The highest BCUT2D eigenvalue weighted by Crippen LogP contribution is 2.40. The summed E-state index contributed by atoms with van der Waals surface area (Å²) >= 11 is 0. The fraction of sp³-hybridized carbons (Fsp3) is 0.321. The van der Waals surface area contributed by atoms with Crippen LogP contribution < -0.4 is 0 Å². The molecule has 0 radical (unpaired) electrons. The zero-order chi connectivity index (χ0) is 28.8. The van der Waals surface area contributed by atoms with Gasteiger partial charge in [-0.3, -0.25) is 4.98 Å². The third-order valence-electron chi connectivity index (χ3n) is 6.97. The number of halogens is 7. The van der Waals surface area contributed by atoms with Crippen LogP contribution in [0, 0.1) is 12.7 Å². The van der Waals surface area contributed by atoms with E-state index in [-0.39, 0.29) is 24.6 Å². The summed E-state index contributed by atoms with van der Waals surface area (Å²) in [5.41, 5.74) is -0.870. The molecule has 0 N–H and O–H groups in total. The predicted octanol–water partition coefficient (Wildman–Crippen LogP) is 7.31. The van der Waals surface area contributed by atoms with Crippen molar-refractivity contribution in [2.24, 2.45) is 0 Å². The Morgan fingerprint density at radius 1 is 0.900 bits per heavy atom. The van der Waals surface area contributed by atoms with E-state index in [1.165, 1.54) is 19.1 Å². The number of alkyl halides is 6. The van der Waals surface area contributed by atoms with Crippen molar-refractivity contribution in [1.82, 2.24) is 19.7 Å². The molecule has 5 rings (SSSR count). The lowest BCUT2D eigenvalue weighted by Crippen LogP contribution is -2.35. The van der Waals surface area contributed by atoms with Crippen molar-refractivity contribution in [3.8, 4) is 11.4 Å². The zero-order valence-corrected chi connectivity index (χ0v) is 21.3. The van der Waals surface area contributed by atoms with E-state index in [1.807, 2.05) is 23.6 Å². The molecule has 5 nitrogen and oxygen atoms in total. The van der Waals surface area contributed by atoms with Gasteiger partial charge in [-0.15, -0.1) is 10.2 Å². The Hall–Kier alpha value is -3.80. The van der Waals surface area contributed by atoms with Gasteiger partial charge in [0.2, 0.25) is 0 Å². The van der Waals surface area contributed by atoms with Crippen LogP contribution in [0.3, 0.4) is 0 Å². The Labute approximate surface area is 224 Å². The largest absolute Gasteiger partial charge is 0.416 e. The molecule has 2 aromatic carbocycles. The second-order valence-corrected chi connectivity index (χ2v) is 9.76. The first kappa shape index (κ1) is 27.8. The average molecular weight is 565 g/mol. The standard InChI is InChI=1S/C28H23F7N4O/c1-15-3-4-18(13-36-15)26-38-37-25-12-24(23(14-39(25)26)17-5-7-22(29)8-6-17)40-16(2)19-9-20(27(30,31)32)11-21(10-19)28(33,34)35/h3-11,13,16,23-24H,12,14H2,1-2H3/t16-,23-,24+/m1/s1. The summed E-state index contributed by atoms with van der Waals surface area (Å²) in [6.07, 6.45) is -9.96. The summed E-state index contributed by atoms with van der Waals surface area (Å²) in [7, 11) is 0. The van der Waals surface area contributed by atoms with Crippen LogP contribution in [0.4, 0.5) is 30.7 Å². The summed E-state index contributed by atoms with van der Waals surface area (Å²) in [5.74, 6) is 0.196. The maximum Gasteiger partial charge on any atom is 0.416 e. The van der Waals surface area contributed by atoms with E-state index in [0.717, 1.165) is 11.3 Å². The number of fused-ring (bicyclic) bond motifs is 1. The van der Waals surface area contributed by atoms with Crippen molar-refractivity contribution in [2.75, 3.05) is 0 Å². The van der Waals surface area contributed by atoms with Crippen LogP contribution >= 0.6 is 0 Å². The van der Waals surface area contributed by atoms with Gasteiger partial charge in [-0.1, -0.05) is 12.1 Å². The monoisotopic (exact) mass is 564 g/mol. The van der Waals surface area contributed by atoms with E-state index in [2.05, 4.69) is 15.2 Å². The normalized spacial score (nSPS) is 18.4. The van der Waals surface area contributed by atoms with Gasteiger partial charge >= 0.3 is 12.4 Å². The molecule has 0 saturated carbocycles. The molecule has 4 aromatic rings. The lowest BCUT2D eigenvalue weighted by atomic mass is 9.88. The second-order valence-electron chi connectivity index (χ2n) is 9.76. The number of aromatic nitrogens is 4. The second kappa shape index (κ2) is 10.3. The quantitative estimate of drug-likeness (QED) is 0.239. The molecule has 210 valence electrons. The SMILES string of the molecule is Cc1ccc(-c2nnc3n2C[C@H](c2ccc(F)cc2)[C@@H](O[C@H](C)c2cc(C(F)(F)F)cc(C(F)(F)F)c2)C3)cn1. The Kier molecular flexibility index (Phi) is 7.15. The molecule has 1 aliphatic rings. The molecular formula is C28H23F7N4O. The maximum atomic E-state index is 13.7. The number of hydrogen-bond acceptors (Lipinski definition) is 4. The molecule has 0 amide bonds. The highest BCUT2D eigenvalue weighted by molar-refractivity contribution is 5.54. The number of ether oxygens (including phenoxy) is 1. The van der Waals surface area contributed by atoms with Gasteiger partial charge < -0.3 is 9.30 Å². The predicted molar refractivity (Wildman–Crippen MR) is 131 cm³/mol. The summed E-state index contributed by atoms with van der Waals surface area (Å²) < 4.78 is 102. The average Bonchev–Trinajstić information content (AvgIpc) is 3.30. The number of hydrogen-bond donors (Lipinski definition) is 0. The lowest BCUT2D eigenvalue weighted by molar-refractivity contribution is -0.143. The van der Waals surface area contributed by atoms with E-state index in [4.69, 9.17) is 4.74 Å². The summed E-state index contributed by atoms with van der Waals surface area (Å²) in [6, 6.07) is 10.8. The topological polar surface area (TPSA) is 52.8 Å². The van der Waals surface area contributed by atoms with E-state index >= 15 is 0 Å². The molecule has 0 saturated heterocycles. The van der Waals surface area contributed by atoms with Crippen LogP contribution in [0.1, 0.15) is 52.7 Å². The number of nitrogens with zero attached hydrogens (tertiary/aromatic N) is 4. The van der Waals surface area contributed by atoms with E-state index in [9.17, 15) is 30.7 Å². The minimum atomic E-state index is -4.98. The summed E-state index contributed by atoms with van der Waals surface area (Å²) in [5, 5.41) is 8.56. The van der Waals surface area contributed by atoms with Crippen LogP contribution in [-0.2, 0) is 30.1 Å². The number of aryl methyl sites for hydroxylation is 1. The smallest absolute Gasteiger partial charge is 0.369 e. The molecule has 0 spiro atoms. The molecule has 3 heterocycles. The van der Waals surface area contributed by atoms with Crippen LogP contribution in [0.15, 0.2) is 60.8 Å². The van der Waals surface area contributed by atoms with Crippen molar-refractivity contribution < 1.29 is 35.5 Å². The van der Waals surface area contributed by atoms with Gasteiger partial charge in [-0.2, -0.15) is 26.3 Å². The molecular weight excluding hydrogens is 541 g/mol. The van der Waals surface area contributed by atoms with E-state index in [0.29, 0.717) is 29.3 Å². The van der Waals surface area contributed by atoms with Crippen LogP contribution in [0.2, 0.25) is 0 Å². The third-order valence-corrected chi connectivity index (χ3v) is 6.97. The Balaban J connectivity index is 1.51. The Morgan fingerprint density at radius 2 is 1.55 bits per heavy atom. The van der Waals surface area contributed by atoms with Gasteiger partial charge in [-0.25, -0.2) is 4.39 Å². The van der Waals surface area contributed by atoms with Crippen molar-refractivity contribution in [1.29, 1.82) is 0 Å². The van der Waals surface area contributed by atoms with Gasteiger partial charge in [0, 0.05) is 36.3 Å².